The highest BCUT2D eigenvalue weighted by Gasteiger charge is 2.35. The Balaban J connectivity index is 2.66. The number of nitrogens with zero attached hydrogens (tertiary/aromatic N) is 2. The maximum atomic E-state index is 12.2. The van der Waals surface area contributed by atoms with E-state index in [9.17, 15) is 9.59 Å². The number of carboxylic acids is 1. The minimum absolute atomic E-state index is 0.0609. The fraction of sp³-hybridized carbons (Fsp3) is 0.846. The molecule has 1 amide bonds. The Morgan fingerprint density at radius 1 is 1.22 bits per heavy atom. The summed E-state index contributed by atoms with van der Waals surface area (Å²) in [5.41, 5.74) is -0.993. The van der Waals surface area contributed by atoms with Gasteiger partial charge in [-0.1, -0.05) is 0 Å². The van der Waals surface area contributed by atoms with E-state index in [0.717, 1.165) is 0 Å². The Morgan fingerprint density at radius 2 is 1.67 bits per heavy atom. The van der Waals surface area contributed by atoms with Gasteiger partial charge in [0.2, 0.25) is 5.91 Å². The fourth-order valence-corrected chi connectivity index (χ4v) is 2.17. The standard InChI is InChI=1S/C13H24N2O3/c1-9-7-15(8-10(2)14(9)5)11(16)6-13(3,4)12(17)18/h9-10H,6-8H2,1-5H3,(H,17,18). The molecule has 1 fully saturated rings. The molecule has 2 atom stereocenters. The van der Waals surface area contributed by atoms with Gasteiger partial charge in [0.1, 0.15) is 0 Å². The van der Waals surface area contributed by atoms with Gasteiger partial charge in [-0.15, -0.1) is 0 Å². The minimum Gasteiger partial charge on any atom is -0.481 e. The van der Waals surface area contributed by atoms with Crippen molar-refractivity contribution >= 4 is 11.9 Å². The van der Waals surface area contributed by atoms with Gasteiger partial charge in [-0.25, -0.2) is 0 Å². The molecule has 1 rings (SSSR count). The Morgan fingerprint density at radius 3 is 2.06 bits per heavy atom. The van der Waals surface area contributed by atoms with Gasteiger partial charge in [-0.2, -0.15) is 0 Å². The van der Waals surface area contributed by atoms with E-state index in [1.54, 1.807) is 18.7 Å². The maximum Gasteiger partial charge on any atom is 0.309 e. The molecule has 1 heterocycles. The molecule has 0 spiro atoms. The van der Waals surface area contributed by atoms with E-state index >= 15 is 0 Å². The first kappa shape index (κ1) is 15.0. The van der Waals surface area contributed by atoms with Crippen molar-refractivity contribution in [3.8, 4) is 0 Å². The molecule has 5 nitrogen and oxygen atoms in total. The highest BCUT2D eigenvalue weighted by Crippen LogP contribution is 2.23. The van der Waals surface area contributed by atoms with E-state index in [-0.39, 0.29) is 12.3 Å². The second kappa shape index (κ2) is 5.26. The molecule has 0 radical (unpaired) electrons. The van der Waals surface area contributed by atoms with Crippen molar-refractivity contribution in [1.29, 1.82) is 0 Å². The van der Waals surface area contributed by atoms with Crippen LogP contribution in [0.25, 0.3) is 0 Å². The Hall–Kier alpha value is -1.10. The second-order valence-electron chi connectivity index (χ2n) is 6.03. The Kier molecular flexibility index (Phi) is 4.37. The van der Waals surface area contributed by atoms with Gasteiger partial charge in [0, 0.05) is 31.6 Å². The van der Waals surface area contributed by atoms with E-state index in [4.69, 9.17) is 5.11 Å². The van der Waals surface area contributed by atoms with Crippen LogP contribution >= 0.6 is 0 Å². The first-order valence-electron chi connectivity index (χ1n) is 6.38. The molecule has 2 unspecified atom stereocenters. The van der Waals surface area contributed by atoms with Crippen LogP contribution in [0.3, 0.4) is 0 Å². The summed E-state index contributed by atoms with van der Waals surface area (Å²) >= 11 is 0. The van der Waals surface area contributed by atoms with E-state index in [1.165, 1.54) is 0 Å². The monoisotopic (exact) mass is 256 g/mol. The van der Waals surface area contributed by atoms with Crippen molar-refractivity contribution in [2.24, 2.45) is 5.41 Å². The maximum absolute atomic E-state index is 12.2. The molecule has 1 aliphatic rings. The number of carbonyl (C=O) groups excluding carboxylic acids is 1. The lowest BCUT2D eigenvalue weighted by Gasteiger charge is -2.43. The highest BCUT2D eigenvalue weighted by atomic mass is 16.4. The largest absolute Gasteiger partial charge is 0.481 e. The van der Waals surface area contributed by atoms with Crippen molar-refractivity contribution < 1.29 is 14.7 Å². The molecule has 0 aliphatic carbocycles. The average Bonchev–Trinajstić information content (AvgIpc) is 2.24. The number of hydrogen-bond acceptors (Lipinski definition) is 3. The minimum atomic E-state index is -0.993. The van der Waals surface area contributed by atoms with Crippen molar-refractivity contribution in [3.63, 3.8) is 0 Å². The van der Waals surface area contributed by atoms with E-state index in [2.05, 4.69) is 25.8 Å². The summed E-state index contributed by atoms with van der Waals surface area (Å²) in [5.74, 6) is -0.986. The van der Waals surface area contributed by atoms with Gasteiger partial charge in [-0.05, 0) is 34.7 Å². The van der Waals surface area contributed by atoms with Crippen molar-refractivity contribution in [3.05, 3.63) is 0 Å². The smallest absolute Gasteiger partial charge is 0.309 e. The molecule has 18 heavy (non-hydrogen) atoms. The van der Waals surface area contributed by atoms with Crippen LogP contribution in [0.5, 0.6) is 0 Å². The van der Waals surface area contributed by atoms with Crippen molar-refractivity contribution in [2.45, 2.75) is 46.2 Å². The fourth-order valence-electron chi connectivity index (χ4n) is 2.17. The van der Waals surface area contributed by atoms with Crippen LogP contribution in [0, 0.1) is 5.41 Å². The lowest BCUT2D eigenvalue weighted by atomic mass is 9.88. The summed E-state index contributed by atoms with van der Waals surface area (Å²) in [7, 11) is 2.05. The first-order chi connectivity index (χ1) is 8.15. The lowest BCUT2D eigenvalue weighted by Crippen LogP contribution is -2.57. The molecule has 1 saturated heterocycles. The molecular formula is C13H24N2O3. The van der Waals surface area contributed by atoms with Crippen LogP contribution in [0.2, 0.25) is 0 Å². The zero-order valence-electron chi connectivity index (χ0n) is 11.9. The van der Waals surface area contributed by atoms with Gasteiger partial charge >= 0.3 is 5.97 Å². The van der Waals surface area contributed by atoms with Crippen molar-refractivity contribution in [2.75, 3.05) is 20.1 Å². The molecule has 1 aliphatic heterocycles. The van der Waals surface area contributed by atoms with Crippen LogP contribution in [0.4, 0.5) is 0 Å². The van der Waals surface area contributed by atoms with E-state index in [0.29, 0.717) is 25.2 Å². The van der Waals surface area contributed by atoms with Gasteiger partial charge in [0.15, 0.2) is 0 Å². The molecule has 1 N–H and O–H groups in total. The normalized spacial score (nSPS) is 26.2. The SMILES string of the molecule is CC1CN(C(=O)CC(C)(C)C(=O)O)CC(C)N1C. The average molecular weight is 256 g/mol. The third-order valence-corrected chi connectivity index (χ3v) is 3.88. The third-order valence-electron chi connectivity index (χ3n) is 3.88. The number of amides is 1. The summed E-state index contributed by atoms with van der Waals surface area (Å²) < 4.78 is 0. The molecule has 104 valence electrons. The topological polar surface area (TPSA) is 60.9 Å². The molecule has 5 heteroatoms. The lowest BCUT2D eigenvalue weighted by molar-refractivity contribution is -0.152. The first-order valence-corrected chi connectivity index (χ1v) is 6.38. The molecule has 0 aromatic rings. The van der Waals surface area contributed by atoms with Gasteiger partial charge in [0.25, 0.3) is 0 Å². The van der Waals surface area contributed by atoms with Crippen LogP contribution < -0.4 is 0 Å². The number of piperazine rings is 1. The molecular weight excluding hydrogens is 232 g/mol. The third kappa shape index (κ3) is 3.22. The number of hydrogen-bond donors (Lipinski definition) is 1. The van der Waals surface area contributed by atoms with Crippen LogP contribution in [-0.4, -0.2) is 59.0 Å². The van der Waals surface area contributed by atoms with Gasteiger partial charge in [0.05, 0.1) is 5.41 Å². The second-order valence-corrected chi connectivity index (χ2v) is 6.03. The van der Waals surface area contributed by atoms with Crippen LogP contribution in [0.15, 0.2) is 0 Å². The van der Waals surface area contributed by atoms with E-state index in [1.807, 2.05) is 0 Å². The summed E-state index contributed by atoms with van der Waals surface area (Å²) in [6.07, 6.45) is 0.0610. The molecule has 0 aromatic carbocycles. The predicted molar refractivity (Wildman–Crippen MR) is 69.3 cm³/mol. The number of aliphatic carboxylic acids is 1. The van der Waals surface area contributed by atoms with Crippen molar-refractivity contribution in [1.82, 2.24) is 9.80 Å². The van der Waals surface area contributed by atoms with E-state index < -0.39 is 11.4 Å². The van der Waals surface area contributed by atoms with Crippen LogP contribution in [0.1, 0.15) is 34.1 Å². The summed E-state index contributed by atoms with van der Waals surface area (Å²) in [4.78, 5) is 27.2. The van der Waals surface area contributed by atoms with Gasteiger partial charge < -0.3 is 10.0 Å². The number of carboxylic acid groups (broad SMARTS) is 1. The zero-order valence-corrected chi connectivity index (χ0v) is 11.9. The molecule has 0 saturated carbocycles. The molecule has 0 aromatic heterocycles. The summed E-state index contributed by atoms with van der Waals surface area (Å²) in [5, 5.41) is 9.06. The van der Waals surface area contributed by atoms with Gasteiger partial charge in [-0.3, -0.25) is 14.5 Å². The number of carbonyl (C=O) groups is 2. The zero-order chi connectivity index (χ0) is 14.1. The Labute approximate surface area is 109 Å². The summed E-state index contributed by atoms with van der Waals surface area (Å²) in [6, 6.07) is 0.622. The molecule has 0 bridgehead atoms. The van der Waals surface area contributed by atoms with Crippen LogP contribution in [-0.2, 0) is 9.59 Å². The summed E-state index contributed by atoms with van der Waals surface area (Å²) in [6.45, 7) is 8.70. The number of rotatable bonds is 3. The number of likely N-dealkylation sites (N-methyl/N-ethyl adjacent to an activating group) is 1. The quantitative estimate of drug-likeness (QED) is 0.819. The highest BCUT2D eigenvalue weighted by molar-refractivity contribution is 5.84. The predicted octanol–water partition coefficient (Wildman–Crippen LogP) is 1.04. The Bertz CT molecular complexity index is 329.